The molecule has 28 nitrogen and oxygen atoms in total. The maximum absolute atomic E-state index is 14.5. The van der Waals surface area contributed by atoms with Gasteiger partial charge < -0.3 is 59.5 Å². The molecule has 6 aliphatic carbocycles. The molecule has 4 aromatic rings. The molecule has 0 aromatic heterocycles. The van der Waals surface area contributed by atoms with Crippen molar-refractivity contribution in [3.05, 3.63) is 85.5 Å². The van der Waals surface area contributed by atoms with Crippen LogP contribution in [0.1, 0.15) is 158 Å². The van der Waals surface area contributed by atoms with Gasteiger partial charge in [-0.3, -0.25) is 37.1 Å². The topological polar surface area (TPSA) is 357 Å². The minimum Gasteiger partial charge on any atom is -0.497 e. The summed E-state index contributed by atoms with van der Waals surface area (Å²) < 4.78 is 99.2. The number of methoxy groups -OCH3 is 2. The zero-order valence-electron chi connectivity index (χ0n) is 60.5. The van der Waals surface area contributed by atoms with E-state index in [9.17, 15) is 55.2 Å². The third kappa shape index (κ3) is 18.2. The van der Waals surface area contributed by atoms with E-state index in [1.165, 1.54) is 15.9 Å². The summed E-state index contributed by atoms with van der Waals surface area (Å²) >= 11 is 0. The van der Waals surface area contributed by atoms with Crippen LogP contribution in [-0.4, -0.2) is 173 Å². The third-order valence-electron chi connectivity index (χ3n) is 20.7. The normalized spacial score (nSPS) is 25.3. The zero-order valence-corrected chi connectivity index (χ0v) is 62.1. The molecule has 8 fully saturated rings. The molecule has 10 atom stereocenters. The summed E-state index contributed by atoms with van der Waals surface area (Å²) in [6, 6.07) is 17.9. The van der Waals surface area contributed by atoms with E-state index in [0.717, 1.165) is 72.9 Å². The maximum atomic E-state index is 14.5. The van der Waals surface area contributed by atoms with Crippen LogP contribution in [0.15, 0.2) is 85.5 Å². The monoisotopic (exact) mass is 1480 g/mol. The van der Waals surface area contributed by atoms with E-state index in [2.05, 4.69) is 27.8 Å². The van der Waals surface area contributed by atoms with Crippen molar-refractivity contribution in [2.24, 2.45) is 22.7 Å². The van der Waals surface area contributed by atoms with Gasteiger partial charge in [-0.1, -0.05) is 85.2 Å². The quantitative estimate of drug-likeness (QED) is 0.0324. The summed E-state index contributed by atoms with van der Waals surface area (Å²) in [4.78, 5) is 113. The Morgan fingerprint density at radius 1 is 0.548 bits per heavy atom. The Morgan fingerprint density at radius 2 is 0.952 bits per heavy atom. The number of hydrogen-bond acceptors (Lipinski definition) is 20. The number of alkyl carbamates (subject to hydrolysis) is 2. The van der Waals surface area contributed by atoms with Crippen molar-refractivity contribution in [3.8, 4) is 23.0 Å². The van der Waals surface area contributed by atoms with Crippen molar-refractivity contribution >= 4 is 89.8 Å². The van der Waals surface area contributed by atoms with E-state index < -0.39 is 145 Å². The number of rotatable bonds is 26. The Hall–Kier alpha value is -8.48. The lowest BCUT2D eigenvalue weighted by Gasteiger charge is -2.35. The highest BCUT2D eigenvalue weighted by Gasteiger charge is 2.64. The minimum absolute atomic E-state index is 0.00933. The number of benzene rings is 4. The highest BCUT2D eigenvalue weighted by atomic mass is 32.2. The fraction of sp³-hybridized carbons (Fsp3) is 0.595. The second-order valence-corrected chi connectivity index (χ2v) is 33.4. The third-order valence-corrected chi connectivity index (χ3v) is 22.6. The van der Waals surface area contributed by atoms with Crippen LogP contribution in [0.4, 0.5) is 9.59 Å². The molecule has 6 N–H and O–H groups in total. The van der Waals surface area contributed by atoms with Crippen LogP contribution in [0.25, 0.3) is 21.5 Å². The molecule has 2 saturated heterocycles. The molecular weight excluding hydrogens is 1380 g/mol. The van der Waals surface area contributed by atoms with Crippen molar-refractivity contribution < 1.29 is 92.0 Å². The molecule has 0 unspecified atom stereocenters. The molecule has 30 heteroatoms. The number of amides is 8. The van der Waals surface area contributed by atoms with Crippen LogP contribution in [0.3, 0.4) is 0 Å². The summed E-state index contributed by atoms with van der Waals surface area (Å²) in [6.07, 6.45) is 7.50. The Labute approximate surface area is 607 Å². The standard InChI is InChI=1S/C37H50N4O10S.C37H48N4O10S/c2*1-6-23-20-37(23,34(44)40-52(46,47)51-25-14-15-25)39-32(42)29-19-27(49-30-13-9-10-22-18-26(48-5)16-17-28(22)30)21-41(29)33(43)31(36(2,3)4)38-35(45)50-24-11-7-8-12-24/h9-10,13,16-18,23-25,27,29,31H,6-8,11-12,14-15,19-21H2,1-5H3,(H,38,45)(H,39,42)(H,40,44);6,9-10,13,16-18,23-25,27,29,31H,1,7-8,11-12,14-15,19-21H2,2-5H3,(H,38,45)(H,39,42)(H,40,44)/t2*23-,27-,29+,31-,37-/m11/s1. The number of likely N-dealkylation sites (tertiary alicyclic amines) is 2. The molecular formula is C74H98N8O20S2. The predicted molar refractivity (Wildman–Crippen MR) is 381 cm³/mol. The molecule has 6 saturated carbocycles. The molecule has 0 spiro atoms. The predicted octanol–water partition coefficient (Wildman–Crippen LogP) is 7.99. The van der Waals surface area contributed by atoms with Crippen LogP contribution >= 0.6 is 0 Å². The molecule has 8 aliphatic rings. The SMILES string of the molecule is C=C[C@@H]1C[C@]1(NC(=O)[C@@H]1C[C@@H](Oc2cccc3cc(OC)ccc23)CN1C(=O)[C@@H](NC(=O)OC1CCCC1)C(C)(C)C)C(=O)NS(=O)(=O)OC1CC1.CC[C@@H]1C[C@]1(NC(=O)[C@@H]1C[C@@H](Oc2cccc3cc(OC)ccc23)CN1C(=O)[C@@H](NC(=O)OC1CCCC1)C(C)(C)C)C(=O)NS(=O)(=O)OC1CC1. The highest BCUT2D eigenvalue weighted by Crippen LogP contribution is 2.48. The van der Waals surface area contributed by atoms with Gasteiger partial charge in [0.1, 0.15) is 82.7 Å². The van der Waals surface area contributed by atoms with E-state index in [-0.39, 0.29) is 56.9 Å². The smallest absolute Gasteiger partial charge is 0.408 e. The fourth-order valence-electron chi connectivity index (χ4n) is 14.4. The van der Waals surface area contributed by atoms with Crippen molar-refractivity contribution in [1.82, 2.24) is 40.5 Å². The number of carbonyl (C=O) groups excluding carboxylic acids is 8. The lowest BCUT2D eigenvalue weighted by atomic mass is 9.85. The van der Waals surface area contributed by atoms with Crippen molar-refractivity contribution in [3.63, 3.8) is 0 Å². The Morgan fingerprint density at radius 3 is 1.31 bits per heavy atom. The van der Waals surface area contributed by atoms with E-state index >= 15 is 0 Å². The average Bonchev–Trinajstić information content (AvgIpc) is 1.58. The molecule has 8 amide bonds. The molecule has 2 aliphatic heterocycles. The van der Waals surface area contributed by atoms with Crippen molar-refractivity contribution in [2.45, 2.75) is 229 Å². The van der Waals surface area contributed by atoms with Gasteiger partial charge >= 0.3 is 32.8 Å². The van der Waals surface area contributed by atoms with Crippen molar-refractivity contribution in [1.29, 1.82) is 0 Å². The van der Waals surface area contributed by atoms with Crippen LogP contribution in [0, 0.1) is 22.7 Å². The summed E-state index contributed by atoms with van der Waals surface area (Å²) in [5, 5.41) is 14.5. The number of nitrogens with zero attached hydrogens (tertiary/aromatic N) is 2. The average molecular weight is 1480 g/mol. The first-order valence-electron chi connectivity index (χ1n) is 36.0. The second-order valence-electron chi connectivity index (χ2n) is 30.8. The second kappa shape index (κ2) is 30.9. The van der Waals surface area contributed by atoms with Gasteiger partial charge in [0.05, 0.1) is 39.5 Å². The first-order valence-corrected chi connectivity index (χ1v) is 38.9. The Kier molecular flexibility index (Phi) is 22.8. The number of fused-ring (bicyclic) bond motifs is 2. The summed E-state index contributed by atoms with van der Waals surface area (Å²) in [6.45, 7) is 16.5. The molecule has 104 heavy (non-hydrogen) atoms. The van der Waals surface area contributed by atoms with E-state index in [4.69, 9.17) is 36.8 Å². The lowest BCUT2D eigenvalue weighted by Crippen LogP contribution is -2.60. The molecule has 4 aromatic carbocycles. The Balaban J connectivity index is 0.000000208. The van der Waals surface area contributed by atoms with Gasteiger partial charge in [-0.15, -0.1) is 6.58 Å². The molecule has 2 heterocycles. The first kappa shape index (κ1) is 76.6. The highest BCUT2D eigenvalue weighted by molar-refractivity contribution is 7.85. The number of nitrogens with one attached hydrogen (secondary N) is 6. The molecule has 566 valence electrons. The minimum atomic E-state index is -4.41. The summed E-state index contributed by atoms with van der Waals surface area (Å²) in [5.41, 5.74) is -4.68. The summed E-state index contributed by atoms with van der Waals surface area (Å²) in [7, 11) is -5.63. The van der Waals surface area contributed by atoms with Crippen LogP contribution in [0.2, 0.25) is 0 Å². The number of ether oxygens (including phenoxy) is 6. The van der Waals surface area contributed by atoms with Gasteiger partial charge in [-0.25, -0.2) is 19.0 Å². The fourth-order valence-corrected chi connectivity index (χ4v) is 16.4. The largest absolute Gasteiger partial charge is 0.497 e. The molecule has 0 bridgehead atoms. The van der Waals surface area contributed by atoms with Gasteiger partial charge in [0.15, 0.2) is 0 Å². The zero-order chi connectivity index (χ0) is 74.8. The molecule has 0 radical (unpaired) electrons. The Bertz CT molecular complexity index is 4160. The maximum Gasteiger partial charge on any atom is 0.408 e. The van der Waals surface area contributed by atoms with E-state index in [1.54, 1.807) is 41.1 Å². The lowest BCUT2D eigenvalue weighted by molar-refractivity contribution is -0.143. The number of carbonyl (C=O) groups is 8. The van der Waals surface area contributed by atoms with Crippen LogP contribution in [-0.2, 0) is 67.2 Å². The van der Waals surface area contributed by atoms with Gasteiger partial charge in [0, 0.05) is 29.5 Å². The van der Waals surface area contributed by atoms with Crippen LogP contribution < -0.4 is 49.7 Å². The first-order chi connectivity index (χ1) is 49.2. The summed E-state index contributed by atoms with van der Waals surface area (Å²) in [5.74, 6) is -2.62. The number of hydrogen-bond donors (Lipinski definition) is 6. The van der Waals surface area contributed by atoms with Gasteiger partial charge in [0.25, 0.3) is 11.8 Å². The van der Waals surface area contributed by atoms with Gasteiger partial charge in [-0.05, 0) is 166 Å². The molecule has 12 rings (SSSR count). The van der Waals surface area contributed by atoms with Gasteiger partial charge in [0.2, 0.25) is 23.6 Å². The van der Waals surface area contributed by atoms with Gasteiger partial charge in [-0.2, -0.15) is 16.8 Å². The van der Waals surface area contributed by atoms with E-state index in [0.29, 0.717) is 55.1 Å². The van der Waals surface area contributed by atoms with Crippen LogP contribution in [0.5, 0.6) is 23.0 Å². The van der Waals surface area contributed by atoms with Crippen molar-refractivity contribution in [2.75, 3.05) is 27.3 Å². The van der Waals surface area contributed by atoms with E-state index in [1.807, 2.05) is 104 Å².